The Labute approximate surface area is 87.3 Å². The van der Waals surface area contributed by atoms with Crippen LogP contribution in [0.4, 0.5) is 0 Å². The van der Waals surface area contributed by atoms with E-state index in [-0.39, 0.29) is 5.92 Å². The lowest BCUT2D eigenvalue weighted by Gasteiger charge is -2.27. The average Bonchev–Trinajstić information content (AvgIpc) is 2.19. The smallest absolute Gasteiger partial charge is 0.136 e. The minimum absolute atomic E-state index is 0.274. The van der Waals surface area contributed by atoms with E-state index in [2.05, 4.69) is 12.8 Å². The Balaban J connectivity index is 2.39. The van der Waals surface area contributed by atoms with Crippen LogP contribution in [0.25, 0.3) is 0 Å². The van der Waals surface area contributed by atoms with Crippen molar-refractivity contribution in [3.05, 3.63) is 0 Å². The van der Waals surface area contributed by atoms with Crippen molar-refractivity contribution in [1.82, 2.24) is 0 Å². The largest absolute Gasteiger partial charge is 0.299 e. The van der Waals surface area contributed by atoms with Crippen molar-refractivity contribution >= 4 is 5.78 Å². The molecule has 0 heterocycles. The molecule has 0 saturated heterocycles. The summed E-state index contributed by atoms with van der Waals surface area (Å²) in [5.74, 6) is 4.13. The minimum Gasteiger partial charge on any atom is -0.299 e. The number of hydrogen-bond acceptors (Lipinski definition) is 1. The maximum atomic E-state index is 11.6. The zero-order valence-electron chi connectivity index (χ0n) is 9.09. The summed E-state index contributed by atoms with van der Waals surface area (Å²) in [5, 5.41) is 0. The molecule has 1 saturated carbocycles. The molecule has 0 N–H and O–H groups in total. The van der Waals surface area contributed by atoms with Crippen molar-refractivity contribution in [3.63, 3.8) is 0 Å². The molecule has 1 nitrogen and oxygen atoms in total. The Hall–Kier alpha value is -0.770. The molecule has 2 unspecified atom stereocenters. The summed E-state index contributed by atoms with van der Waals surface area (Å²) in [6.07, 6.45) is 12.4. The Morgan fingerprint density at radius 2 is 2.29 bits per heavy atom. The Morgan fingerprint density at radius 1 is 1.50 bits per heavy atom. The summed E-state index contributed by atoms with van der Waals surface area (Å²) in [7, 11) is 0. The molecule has 14 heavy (non-hydrogen) atoms. The van der Waals surface area contributed by atoms with Crippen LogP contribution in [-0.2, 0) is 4.79 Å². The molecule has 0 bridgehead atoms. The van der Waals surface area contributed by atoms with Gasteiger partial charge in [-0.05, 0) is 25.2 Å². The van der Waals surface area contributed by atoms with E-state index < -0.39 is 0 Å². The summed E-state index contributed by atoms with van der Waals surface area (Å²) in [6.45, 7) is 2.22. The van der Waals surface area contributed by atoms with Gasteiger partial charge in [0.25, 0.3) is 0 Å². The van der Waals surface area contributed by atoms with Gasteiger partial charge < -0.3 is 0 Å². The number of rotatable bonds is 4. The molecule has 1 fully saturated rings. The highest BCUT2D eigenvalue weighted by molar-refractivity contribution is 5.81. The van der Waals surface area contributed by atoms with Crippen LogP contribution < -0.4 is 0 Å². The average molecular weight is 192 g/mol. The fraction of sp³-hybridized carbons (Fsp3) is 0.769. The molecule has 78 valence electrons. The fourth-order valence-electron chi connectivity index (χ4n) is 2.41. The van der Waals surface area contributed by atoms with Crippen LogP contribution in [0.5, 0.6) is 0 Å². The third-order valence-corrected chi connectivity index (χ3v) is 3.21. The number of terminal acetylenes is 1. The van der Waals surface area contributed by atoms with Crippen molar-refractivity contribution in [3.8, 4) is 12.3 Å². The zero-order chi connectivity index (χ0) is 10.4. The molecule has 1 heteroatoms. The second kappa shape index (κ2) is 5.86. The van der Waals surface area contributed by atoms with Gasteiger partial charge in [-0.2, -0.15) is 0 Å². The predicted molar refractivity (Wildman–Crippen MR) is 58.8 cm³/mol. The van der Waals surface area contributed by atoms with Crippen LogP contribution in [-0.4, -0.2) is 5.78 Å². The summed E-state index contributed by atoms with van der Waals surface area (Å²) >= 11 is 0. The van der Waals surface area contributed by atoms with E-state index in [4.69, 9.17) is 6.42 Å². The van der Waals surface area contributed by atoms with Crippen LogP contribution in [0.15, 0.2) is 0 Å². The molecule has 1 rings (SSSR count). The van der Waals surface area contributed by atoms with Gasteiger partial charge in [0.05, 0.1) is 0 Å². The highest BCUT2D eigenvalue weighted by Crippen LogP contribution is 2.31. The first-order chi connectivity index (χ1) is 6.77. The summed E-state index contributed by atoms with van der Waals surface area (Å²) in [4.78, 5) is 11.6. The highest BCUT2D eigenvalue weighted by Gasteiger charge is 2.27. The molecule has 0 aromatic heterocycles. The first-order valence-corrected chi connectivity index (χ1v) is 5.74. The summed E-state index contributed by atoms with van der Waals surface area (Å²) < 4.78 is 0. The first kappa shape index (κ1) is 11.3. The number of hydrogen-bond donors (Lipinski definition) is 0. The number of ketones is 1. The lowest BCUT2D eigenvalue weighted by atomic mass is 9.77. The molecule has 0 aliphatic heterocycles. The SMILES string of the molecule is C#CCCC1CC(CCC)CCC1=O. The van der Waals surface area contributed by atoms with Crippen LogP contribution in [0.2, 0.25) is 0 Å². The monoisotopic (exact) mass is 192 g/mol. The van der Waals surface area contributed by atoms with Gasteiger partial charge in [0.2, 0.25) is 0 Å². The molecule has 1 aliphatic carbocycles. The maximum Gasteiger partial charge on any atom is 0.136 e. The molecule has 0 spiro atoms. The third-order valence-electron chi connectivity index (χ3n) is 3.21. The number of carbonyl (C=O) groups excluding carboxylic acids is 1. The van der Waals surface area contributed by atoms with E-state index in [9.17, 15) is 4.79 Å². The van der Waals surface area contributed by atoms with E-state index in [1.807, 2.05) is 0 Å². The van der Waals surface area contributed by atoms with Crippen LogP contribution in [0.1, 0.15) is 51.9 Å². The molecule has 0 radical (unpaired) electrons. The van der Waals surface area contributed by atoms with E-state index >= 15 is 0 Å². The summed E-state index contributed by atoms with van der Waals surface area (Å²) in [6, 6.07) is 0. The fourth-order valence-corrected chi connectivity index (χ4v) is 2.41. The van der Waals surface area contributed by atoms with Crippen molar-refractivity contribution in [2.24, 2.45) is 11.8 Å². The van der Waals surface area contributed by atoms with Gasteiger partial charge in [-0.25, -0.2) is 0 Å². The molecule has 0 aromatic carbocycles. The van der Waals surface area contributed by atoms with Gasteiger partial charge in [-0.1, -0.05) is 19.8 Å². The van der Waals surface area contributed by atoms with Gasteiger partial charge in [-0.3, -0.25) is 4.79 Å². The van der Waals surface area contributed by atoms with Crippen molar-refractivity contribution in [2.75, 3.05) is 0 Å². The Bertz CT molecular complexity index is 224. The second-order valence-corrected chi connectivity index (χ2v) is 4.34. The standard InChI is InChI=1S/C13H20O/c1-3-5-7-12-10-11(6-4-2)8-9-13(12)14/h1,11-12H,4-10H2,2H3. The number of carbonyl (C=O) groups is 1. The number of Topliss-reactive ketones (excluding diaryl/α,β-unsaturated/α-hetero) is 1. The van der Waals surface area contributed by atoms with Crippen LogP contribution >= 0.6 is 0 Å². The minimum atomic E-state index is 0.274. The van der Waals surface area contributed by atoms with Gasteiger partial charge >= 0.3 is 0 Å². The van der Waals surface area contributed by atoms with Gasteiger partial charge in [0.1, 0.15) is 5.78 Å². The van der Waals surface area contributed by atoms with Crippen LogP contribution in [0.3, 0.4) is 0 Å². The Kier molecular flexibility index (Phi) is 4.73. The van der Waals surface area contributed by atoms with E-state index in [0.717, 1.165) is 38.0 Å². The topological polar surface area (TPSA) is 17.1 Å². The lowest BCUT2D eigenvalue weighted by Crippen LogP contribution is -2.24. The third kappa shape index (κ3) is 3.18. The molecule has 2 atom stereocenters. The molecular formula is C13H20O. The van der Waals surface area contributed by atoms with Gasteiger partial charge in [0.15, 0.2) is 0 Å². The van der Waals surface area contributed by atoms with Crippen molar-refractivity contribution in [2.45, 2.75) is 51.9 Å². The van der Waals surface area contributed by atoms with Gasteiger partial charge in [-0.15, -0.1) is 12.3 Å². The normalized spacial score (nSPS) is 27.3. The van der Waals surface area contributed by atoms with E-state index in [1.54, 1.807) is 0 Å². The maximum absolute atomic E-state index is 11.6. The molecule has 0 aromatic rings. The Morgan fingerprint density at radius 3 is 2.93 bits per heavy atom. The molecular weight excluding hydrogens is 172 g/mol. The predicted octanol–water partition coefficient (Wildman–Crippen LogP) is 3.19. The molecule has 1 aliphatic rings. The first-order valence-electron chi connectivity index (χ1n) is 5.74. The lowest BCUT2D eigenvalue weighted by molar-refractivity contribution is -0.125. The highest BCUT2D eigenvalue weighted by atomic mass is 16.1. The van der Waals surface area contributed by atoms with E-state index in [1.165, 1.54) is 12.8 Å². The quantitative estimate of drug-likeness (QED) is 0.625. The zero-order valence-corrected chi connectivity index (χ0v) is 9.09. The van der Waals surface area contributed by atoms with Crippen LogP contribution in [0, 0.1) is 24.2 Å². The summed E-state index contributed by atoms with van der Waals surface area (Å²) in [5.41, 5.74) is 0. The van der Waals surface area contributed by atoms with Gasteiger partial charge in [0, 0.05) is 18.8 Å². The van der Waals surface area contributed by atoms with Crippen molar-refractivity contribution < 1.29 is 4.79 Å². The second-order valence-electron chi connectivity index (χ2n) is 4.34. The molecule has 0 amide bonds. The van der Waals surface area contributed by atoms with E-state index in [0.29, 0.717) is 5.78 Å². The van der Waals surface area contributed by atoms with Crippen molar-refractivity contribution in [1.29, 1.82) is 0 Å².